The second-order valence-electron chi connectivity index (χ2n) is 3.14. The van der Waals surface area contributed by atoms with Gasteiger partial charge in [0.1, 0.15) is 0 Å². The first kappa shape index (κ1) is 7.76. The predicted molar refractivity (Wildman–Crippen MR) is 41.5 cm³/mol. The van der Waals surface area contributed by atoms with E-state index in [0.29, 0.717) is 13.2 Å². The smallest absolute Gasteiger partial charge is 0.310 e. The summed E-state index contributed by atoms with van der Waals surface area (Å²) < 4.78 is 5.31. The summed E-state index contributed by atoms with van der Waals surface area (Å²) in [5.41, 5.74) is 0. The minimum Gasteiger partial charge on any atom is -0.481 e. The largest absolute Gasteiger partial charge is 0.481 e. The quantitative estimate of drug-likeness (QED) is 0.541. The Kier molecular flexibility index (Phi) is 1.86. The lowest BCUT2D eigenvalue weighted by atomic mass is 9.91. The monoisotopic (exact) mass is 169 g/mol. The molecule has 0 radical (unpaired) electrons. The topological polar surface area (TPSA) is 58.6 Å². The van der Waals surface area contributed by atoms with Gasteiger partial charge in [-0.25, -0.2) is 0 Å². The van der Waals surface area contributed by atoms with Crippen LogP contribution in [0.15, 0.2) is 12.2 Å². The van der Waals surface area contributed by atoms with Gasteiger partial charge in [0.2, 0.25) is 0 Å². The van der Waals surface area contributed by atoms with E-state index in [4.69, 9.17) is 9.84 Å². The van der Waals surface area contributed by atoms with Crippen molar-refractivity contribution in [2.75, 3.05) is 6.73 Å². The number of aliphatic carboxylic acids is 1. The lowest BCUT2D eigenvalue weighted by Crippen LogP contribution is -2.34. The van der Waals surface area contributed by atoms with Crippen molar-refractivity contribution in [3.63, 3.8) is 0 Å². The highest BCUT2D eigenvalue weighted by Gasteiger charge is 2.33. The minimum atomic E-state index is -0.764. The third-order valence-electron chi connectivity index (χ3n) is 2.37. The molecule has 1 aliphatic carbocycles. The van der Waals surface area contributed by atoms with Gasteiger partial charge < -0.3 is 9.84 Å². The zero-order chi connectivity index (χ0) is 8.55. The summed E-state index contributed by atoms with van der Waals surface area (Å²) in [6, 6.07) is 0.223. The lowest BCUT2D eigenvalue weighted by molar-refractivity contribution is -0.141. The van der Waals surface area contributed by atoms with E-state index in [9.17, 15) is 4.79 Å². The highest BCUT2D eigenvalue weighted by atomic mass is 16.5. The van der Waals surface area contributed by atoms with Gasteiger partial charge in [0, 0.05) is 0 Å². The molecule has 0 amide bonds. The normalized spacial score (nSPS) is 39.5. The van der Waals surface area contributed by atoms with Crippen molar-refractivity contribution in [2.24, 2.45) is 5.92 Å². The zero-order valence-corrected chi connectivity index (χ0v) is 6.56. The number of carbonyl (C=O) groups is 1. The molecule has 2 N–H and O–H groups in total. The SMILES string of the molecule is O=C(O)C1C=CC2NCOC2C1. The highest BCUT2D eigenvalue weighted by molar-refractivity contribution is 5.72. The Morgan fingerprint density at radius 1 is 1.58 bits per heavy atom. The Bertz CT molecular complexity index is 226. The molecule has 0 aromatic rings. The van der Waals surface area contributed by atoms with Crippen LogP contribution in [0.1, 0.15) is 6.42 Å². The number of nitrogens with one attached hydrogen (secondary N) is 1. The summed E-state index contributed by atoms with van der Waals surface area (Å²) in [4.78, 5) is 10.6. The van der Waals surface area contributed by atoms with Gasteiger partial charge in [-0.05, 0) is 6.42 Å². The van der Waals surface area contributed by atoms with Crippen molar-refractivity contribution in [3.05, 3.63) is 12.2 Å². The van der Waals surface area contributed by atoms with Crippen LogP contribution < -0.4 is 5.32 Å². The number of hydrogen-bond acceptors (Lipinski definition) is 3. The van der Waals surface area contributed by atoms with Crippen LogP contribution in [0.2, 0.25) is 0 Å². The molecule has 0 aromatic heterocycles. The van der Waals surface area contributed by atoms with Crippen LogP contribution in [0, 0.1) is 5.92 Å². The van der Waals surface area contributed by atoms with Crippen molar-refractivity contribution >= 4 is 5.97 Å². The third kappa shape index (κ3) is 1.23. The van der Waals surface area contributed by atoms with E-state index in [1.165, 1.54) is 0 Å². The van der Waals surface area contributed by atoms with E-state index < -0.39 is 5.97 Å². The molecule has 2 aliphatic rings. The second kappa shape index (κ2) is 2.88. The standard InChI is InChI=1S/C8H11NO3/c10-8(11)5-1-2-6-7(3-5)12-4-9-6/h1-2,5-7,9H,3-4H2,(H,10,11). The molecule has 66 valence electrons. The first-order chi connectivity index (χ1) is 5.77. The van der Waals surface area contributed by atoms with Crippen LogP contribution in [0.4, 0.5) is 0 Å². The van der Waals surface area contributed by atoms with Gasteiger partial charge in [0.05, 0.1) is 24.8 Å². The predicted octanol–water partition coefficient (Wildman–Crippen LogP) is -0.0384. The second-order valence-corrected chi connectivity index (χ2v) is 3.14. The molecule has 1 saturated heterocycles. The fraction of sp³-hybridized carbons (Fsp3) is 0.625. The van der Waals surface area contributed by atoms with Crippen LogP contribution in [-0.4, -0.2) is 30.0 Å². The number of hydrogen-bond donors (Lipinski definition) is 2. The lowest BCUT2D eigenvalue weighted by Gasteiger charge is -2.22. The van der Waals surface area contributed by atoms with E-state index in [1.54, 1.807) is 6.08 Å². The Balaban J connectivity index is 2.08. The van der Waals surface area contributed by atoms with Crippen molar-refractivity contribution in [3.8, 4) is 0 Å². The number of carboxylic acid groups (broad SMARTS) is 1. The molecular formula is C8H11NO3. The average molecular weight is 169 g/mol. The number of ether oxygens (including phenoxy) is 1. The molecule has 1 fully saturated rings. The van der Waals surface area contributed by atoms with Crippen molar-refractivity contribution < 1.29 is 14.6 Å². The first-order valence-electron chi connectivity index (χ1n) is 4.03. The van der Waals surface area contributed by atoms with Crippen LogP contribution >= 0.6 is 0 Å². The Hall–Kier alpha value is -0.870. The molecule has 3 unspecified atom stereocenters. The molecule has 3 atom stereocenters. The Morgan fingerprint density at radius 2 is 2.42 bits per heavy atom. The summed E-state index contributed by atoms with van der Waals surface area (Å²) in [5.74, 6) is -1.13. The molecular weight excluding hydrogens is 158 g/mol. The molecule has 12 heavy (non-hydrogen) atoms. The summed E-state index contributed by atoms with van der Waals surface area (Å²) >= 11 is 0. The zero-order valence-electron chi connectivity index (χ0n) is 6.56. The minimum absolute atomic E-state index is 0.0519. The van der Waals surface area contributed by atoms with Crippen LogP contribution in [0.5, 0.6) is 0 Å². The van der Waals surface area contributed by atoms with E-state index in [-0.39, 0.29) is 18.1 Å². The highest BCUT2D eigenvalue weighted by Crippen LogP contribution is 2.23. The molecule has 1 aliphatic heterocycles. The average Bonchev–Trinajstić information content (AvgIpc) is 2.49. The number of fused-ring (bicyclic) bond motifs is 1. The van der Waals surface area contributed by atoms with Crippen LogP contribution in [0.25, 0.3) is 0 Å². The van der Waals surface area contributed by atoms with Gasteiger partial charge in [-0.2, -0.15) is 0 Å². The van der Waals surface area contributed by atoms with Gasteiger partial charge in [-0.3, -0.25) is 10.1 Å². The molecule has 0 spiro atoms. The van der Waals surface area contributed by atoms with E-state index in [0.717, 1.165) is 0 Å². The first-order valence-corrected chi connectivity index (χ1v) is 4.03. The Morgan fingerprint density at radius 3 is 3.17 bits per heavy atom. The van der Waals surface area contributed by atoms with Gasteiger partial charge >= 0.3 is 5.97 Å². The molecule has 4 heteroatoms. The van der Waals surface area contributed by atoms with Crippen LogP contribution in [-0.2, 0) is 9.53 Å². The summed E-state index contributed by atoms with van der Waals surface area (Å²) in [7, 11) is 0. The van der Waals surface area contributed by atoms with Gasteiger partial charge in [0.15, 0.2) is 0 Å². The van der Waals surface area contributed by atoms with E-state index >= 15 is 0 Å². The summed E-state index contributed by atoms with van der Waals surface area (Å²) in [5, 5.41) is 11.8. The summed E-state index contributed by atoms with van der Waals surface area (Å²) in [6.07, 6.45) is 4.27. The molecule has 2 rings (SSSR count). The fourth-order valence-electron chi connectivity index (χ4n) is 1.66. The molecule has 4 nitrogen and oxygen atoms in total. The number of carboxylic acids is 1. The van der Waals surface area contributed by atoms with Crippen molar-refractivity contribution in [1.82, 2.24) is 5.32 Å². The van der Waals surface area contributed by atoms with Gasteiger partial charge in [-0.1, -0.05) is 12.2 Å². The third-order valence-corrected chi connectivity index (χ3v) is 2.37. The molecule has 0 bridgehead atoms. The van der Waals surface area contributed by atoms with Crippen LogP contribution in [0.3, 0.4) is 0 Å². The maximum Gasteiger partial charge on any atom is 0.310 e. The Labute approximate surface area is 70.2 Å². The van der Waals surface area contributed by atoms with Crippen molar-refractivity contribution in [2.45, 2.75) is 18.6 Å². The molecule has 1 heterocycles. The fourth-order valence-corrected chi connectivity index (χ4v) is 1.66. The molecule has 0 saturated carbocycles. The van der Waals surface area contributed by atoms with Gasteiger partial charge in [0.25, 0.3) is 0 Å². The van der Waals surface area contributed by atoms with Gasteiger partial charge in [-0.15, -0.1) is 0 Å². The maximum absolute atomic E-state index is 10.6. The maximum atomic E-state index is 10.6. The van der Waals surface area contributed by atoms with E-state index in [2.05, 4.69) is 5.32 Å². The van der Waals surface area contributed by atoms with E-state index in [1.807, 2.05) is 6.08 Å². The molecule has 0 aromatic carbocycles. The number of rotatable bonds is 1. The van der Waals surface area contributed by atoms with Crippen molar-refractivity contribution in [1.29, 1.82) is 0 Å². The summed E-state index contributed by atoms with van der Waals surface area (Å²) in [6.45, 7) is 0.534.